The Labute approximate surface area is 143 Å². The Morgan fingerprint density at radius 2 is 1.91 bits per heavy atom. The molecule has 0 aromatic heterocycles. The number of nitrogens with zero attached hydrogens (tertiary/aromatic N) is 1. The van der Waals surface area contributed by atoms with Crippen LogP contribution in [0.25, 0.3) is 6.08 Å². The molecule has 1 aliphatic rings. The molecule has 3 rings (SSSR count). The van der Waals surface area contributed by atoms with E-state index in [1.54, 1.807) is 49.6 Å². The van der Waals surface area contributed by atoms with E-state index in [0.29, 0.717) is 27.2 Å². The van der Waals surface area contributed by atoms with Gasteiger partial charge in [-0.2, -0.15) is 0 Å². The van der Waals surface area contributed by atoms with Crippen LogP contribution in [-0.4, -0.2) is 18.9 Å². The molecule has 1 N–H and O–H groups in total. The highest BCUT2D eigenvalue weighted by atomic mass is 35.5. The number of carbonyl (C=O) groups excluding carboxylic acids is 1. The third-order valence-electron chi connectivity index (χ3n) is 3.28. The summed E-state index contributed by atoms with van der Waals surface area (Å²) in [5.74, 6) is 0.785. The van der Waals surface area contributed by atoms with Gasteiger partial charge in [0, 0.05) is 21.2 Å². The topological polar surface area (TPSA) is 50.7 Å². The van der Waals surface area contributed by atoms with Gasteiger partial charge >= 0.3 is 0 Å². The zero-order chi connectivity index (χ0) is 16.4. The number of carbonyl (C=O) groups is 1. The van der Waals surface area contributed by atoms with Gasteiger partial charge in [0.1, 0.15) is 17.3 Å². The van der Waals surface area contributed by atoms with Crippen LogP contribution < -0.4 is 10.1 Å². The van der Waals surface area contributed by atoms with Crippen LogP contribution in [0.2, 0.25) is 10.0 Å². The standard InChI is InChI=1S/C17H12Cl2N2O2/c1-23-15-6-5-13(19)8-11(15)9-14-17(22)21-16(20-14)10-3-2-4-12(18)7-10/h2-9H,1H3,(H,20,21,22)/b14-9+. The molecule has 0 fully saturated rings. The number of hydrogen-bond donors (Lipinski definition) is 1. The van der Waals surface area contributed by atoms with Gasteiger partial charge in [-0.05, 0) is 36.4 Å². The molecule has 0 saturated heterocycles. The smallest absolute Gasteiger partial charge is 0.275 e. The summed E-state index contributed by atoms with van der Waals surface area (Å²) in [7, 11) is 1.56. The molecule has 0 radical (unpaired) electrons. The highest BCUT2D eigenvalue weighted by Gasteiger charge is 2.21. The average Bonchev–Trinajstić information content (AvgIpc) is 2.89. The zero-order valence-electron chi connectivity index (χ0n) is 12.1. The molecule has 1 amide bonds. The first-order valence-corrected chi connectivity index (χ1v) is 7.53. The van der Waals surface area contributed by atoms with E-state index < -0.39 is 0 Å². The lowest BCUT2D eigenvalue weighted by molar-refractivity contribution is -0.115. The van der Waals surface area contributed by atoms with Crippen molar-refractivity contribution >= 4 is 41.0 Å². The van der Waals surface area contributed by atoms with Crippen LogP contribution in [0.4, 0.5) is 0 Å². The van der Waals surface area contributed by atoms with Crippen molar-refractivity contribution in [3.63, 3.8) is 0 Å². The predicted octanol–water partition coefficient (Wildman–Crippen LogP) is 3.92. The molecule has 0 spiro atoms. The number of ether oxygens (including phenoxy) is 1. The first-order valence-electron chi connectivity index (χ1n) is 6.78. The largest absolute Gasteiger partial charge is 0.496 e. The number of amidine groups is 1. The Morgan fingerprint density at radius 1 is 1.13 bits per heavy atom. The fourth-order valence-corrected chi connectivity index (χ4v) is 2.58. The molecular weight excluding hydrogens is 335 g/mol. The summed E-state index contributed by atoms with van der Waals surface area (Å²) < 4.78 is 5.27. The Balaban J connectivity index is 2.00. The fraction of sp³-hybridized carbons (Fsp3) is 0.0588. The van der Waals surface area contributed by atoms with Crippen molar-refractivity contribution in [3.05, 3.63) is 69.3 Å². The van der Waals surface area contributed by atoms with E-state index in [1.165, 1.54) is 0 Å². The normalized spacial score (nSPS) is 15.5. The molecule has 2 aromatic carbocycles. The molecule has 0 atom stereocenters. The minimum atomic E-state index is -0.290. The molecule has 0 aliphatic carbocycles. The van der Waals surface area contributed by atoms with Crippen LogP contribution >= 0.6 is 23.2 Å². The lowest BCUT2D eigenvalue weighted by Crippen LogP contribution is -2.24. The minimum absolute atomic E-state index is 0.278. The van der Waals surface area contributed by atoms with Crippen LogP contribution in [0.1, 0.15) is 11.1 Å². The number of amides is 1. The molecule has 1 heterocycles. The molecule has 4 nitrogen and oxygen atoms in total. The summed E-state index contributed by atoms with van der Waals surface area (Å²) in [5, 5.41) is 3.86. The van der Waals surface area contributed by atoms with Crippen molar-refractivity contribution in [3.8, 4) is 5.75 Å². The van der Waals surface area contributed by atoms with Crippen molar-refractivity contribution in [2.75, 3.05) is 7.11 Å². The van der Waals surface area contributed by atoms with Crippen molar-refractivity contribution < 1.29 is 9.53 Å². The van der Waals surface area contributed by atoms with Crippen LogP contribution in [0.15, 0.2) is 53.2 Å². The number of rotatable bonds is 3. The van der Waals surface area contributed by atoms with E-state index in [1.807, 2.05) is 6.07 Å². The lowest BCUT2D eigenvalue weighted by Gasteiger charge is -2.05. The Hall–Kier alpha value is -2.30. The highest BCUT2D eigenvalue weighted by molar-refractivity contribution is 6.31. The fourth-order valence-electron chi connectivity index (χ4n) is 2.21. The van der Waals surface area contributed by atoms with Gasteiger partial charge < -0.3 is 10.1 Å². The van der Waals surface area contributed by atoms with E-state index in [9.17, 15) is 4.79 Å². The summed E-state index contributed by atoms with van der Waals surface area (Å²) in [6.07, 6.45) is 1.64. The highest BCUT2D eigenvalue weighted by Crippen LogP contribution is 2.26. The van der Waals surface area contributed by atoms with Gasteiger partial charge in [-0.1, -0.05) is 35.3 Å². The van der Waals surface area contributed by atoms with E-state index in [-0.39, 0.29) is 11.6 Å². The predicted molar refractivity (Wildman–Crippen MR) is 92.1 cm³/mol. The Kier molecular flexibility index (Phi) is 4.37. The Morgan fingerprint density at radius 3 is 2.65 bits per heavy atom. The molecule has 1 aliphatic heterocycles. The number of methoxy groups -OCH3 is 1. The number of benzene rings is 2. The monoisotopic (exact) mass is 346 g/mol. The average molecular weight is 347 g/mol. The molecule has 116 valence electrons. The molecule has 0 saturated carbocycles. The van der Waals surface area contributed by atoms with Crippen LogP contribution in [0, 0.1) is 0 Å². The molecule has 2 aromatic rings. The minimum Gasteiger partial charge on any atom is -0.496 e. The summed E-state index contributed by atoms with van der Waals surface area (Å²) >= 11 is 12.0. The number of halogens is 2. The molecule has 0 unspecified atom stereocenters. The van der Waals surface area contributed by atoms with Crippen molar-refractivity contribution in [1.82, 2.24) is 5.32 Å². The first-order chi connectivity index (χ1) is 11.1. The SMILES string of the molecule is COc1ccc(Cl)cc1/C=C1/N=C(c2cccc(Cl)c2)NC1=O. The first kappa shape index (κ1) is 15.6. The number of nitrogens with one attached hydrogen (secondary N) is 1. The molecule has 23 heavy (non-hydrogen) atoms. The van der Waals surface area contributed by atoms with E-state index in [0.717, 1.165) is 5.56 Å². The number of aliphatic imine (C=N–C) groups is 1. The van der Waals surface area contributed by atoms with Gasteiger partial charge in [-0.25, -0.2) is 4.99 Å². The van der Waals surface area contributed by atoms with E-state index in [4.69, 9.17) is 27.9 Å². The quantitative estimate of drug-likeness (QED) is 0.856. The second-order valence-corrected chi connectivity index (χ2v) is 5.71. The van der Waals surface area contributed by atoms with Gasteiger partial charge in [-0.3, -0.25) is 4.79 Å². The second kappa shape index (κ2) is 6.44. The van der Waals surface area contributed by atoms with Crippen molar-refractivity contribution in [2.45, 2.75) is 0 Å². The maximum atomic E-state index is 12.1. The van der Waals surface area contributed by atoms with Gasteiger partial charge in [0.2, 0.25) is 0 Å². The van der Waals surface area contributed by atoms with Gasteiger partial charge in [0.05, 0.1) is 7.11 Å². The molecule has 0 bridgehead atoms. The summed E-state index contributed by atoms with van der Waals surface area (Å²) in [5.41, 5.74) is 1.70. The summed E-state index contributed by atoms with van der Waals surface area (Å²) in [4.78, 5) is 16.5. The van der Waals surface area contributed by atoms with E-state index >= 15 is 0 Å². The third kappa shape index (κ3) is 3.38. The third-order valence-corrected chi connectivity index (χ3v) is 3.75. The Bertz CT molecular complexity index is 844. The van der Waals surface area contributed by atoms with Crippen LogP contribution in [0.5, 0.6) is 5.75 Å². The molecule has 6 heteroatoms. The second-order valence-electron chi connectivity index (χ2n) is 4.84. The van der Waals surface area contributed by atoms with Crippen LogP contribution in [0.3, 0.4) is 0 Å². The van der Waals surface area contributed by atoms with Gasteiger partial charge in [0.15, 0.2) is 0 Å². The summed E-state index contributed by atoms with van der Waals surface area (Å²) in [6.45, 7) is 0. The van der Waals surface area contributed by atoms with Crippen LogP contribution in [-0.2, 0) is 4.79 Å². The maximum absolute atomic E-state index is 12.1. The van der Waals surface area contributed by atoms with Gasteiger partial charge in [-0.15, -0.1) is 0 Å². The maximum Gasteiger partial charge on any atom is 0.275 e. The lowest BCUT2D eigenvalue weighted by atomic mass is 10.1. The zero-order valence-corrected chi connectivity index (χ0v) is 13.7. The summed E-state index contributed by atoms with van der Waals surface area (Å²) in [6, 6.07) is 12.3. The van der Waals surface area contributed by atoms with E-state index in [2.05, 4.69) is 10.3 Å². The van der Waals surface area contributed by atoms with Gasteiger partial charge in [0.25, 0.3) is 5.91 Å². The van der Waals surface area contributed by atoms with Crippen molar-refractivity contribution in [1.29, 1.82) is 0 Å². The van der Waals surface area contributed by atoms with Crippen molar-refractivity contribution in [2.24, 2.45) is 4.99 Å². The molecular formula is C17H12Cl2N2O2. The number of hydrogen-bond acceptors (Lipinski definition) is 3.